The standard InChI is InChI=1S/C47H48N2/c1-7-41(48(42-22-11-35(2)12-23-42)43-24-13-36(3)14-25-43)30-19-39(6)47(33-9-8-10-34-47)40-20-31-46(32-21-40)49(44-26-15-37(4)16-27-44)45-28-17-38(5)18-29-45/h1,11-32H,8-10,33-34H2,2-6H3/b39-19+,41-30+. The zero-order chi connectivity index (χ0) is 34.4. The van der Waals surface area contributed by atoms with Crippen molar-refractivity contribution in [1.29, 1.82) is 0 Å². The van der Waals surface area contributed by atoms with Crippen LogP contribution in [0.4, 0.5) is 28.4 Å². The normalized spacial score (nSPS) is 14.6. The molecule has 2 heteroatoms. The van der Waals surface area contributed by atoms with Crippen LogP contribution < -0.4 is 9.80 Å². The minimum absolute atomic E-state index is 0.0376. The second-order valence-corrected chi connectivity index (χ2v) is 13.7. The molecule has 0 bridgehead atoms. The zero-order valence-electron chi connectivity index (χ0n) is 29.7. The lowest BCUT2D eigenvalue weighted by Crippen LogP contribution is -2.30. The van der Waals surface area contributed by atoms with Gasteiger partial charge in [0.15, 0.2) is 0 Å². The van der Waals surface area contributed by atoms with Crippen LogP contribution in [-0.2, 0) is 5.41 Å². The Balaban J connectivity index is 1.38. The highest BCUT2D eigenvalue weighted by molar-refractivity contribution is 5.77. The number of benzene rings is 5. The molecule has 0 amide bonds. The third kappa shape index (κ3) is 7.43. The number of allylic oxidation sites excluding steroid dienone is 4. The number of hydrogen-bond acceptors (Lipinski definition) is 2. The second kappa shape index (κ2) is 14.9. The molecule has 1 saturated carbocycles. The van der Waals surface area contributed by atoms with E-state index in [2.05, 4.69) is 184 Å². The zero-order valence-corrected chi connectivity index (χ0v) is 29.7. The molecule has 0 radical (unpaired) electrons. The van der Waals surface area contributed by atoms with E-state index in [1.807, 2.05) is 0 Å². The lowest BCUT2D eigenvalue weighted by molar-refractivity contribution is 0.339. The van der Waals surface area contributed by atoms with Crippen LogP contribution in [0.15, 0.2) is 145 Å². The molecule has 0 saturated heterocycles. The summed E-state index contributed by atoms with van der Waals surface area (Å²) in [7, 11) is 0. The van der Waals surface area contributed by atoms with Gasteiger partial charge in [-0.15, -0.1) is 6.42 Å². The molecule has 0 N–H and O–H groups in total. The van der Waals surface area contributed by atoms with E-state index in [1.165, 1.54) is 52.7 Å². The highest BCUT2D eigenvalue weighted by atomic mass is 15.1. The minimum atomic E-state index is -0.0376. The maximum atomic E-state index is 6.28. The second-order valence-electron chi connectivity index (χ2n) is 13.7. The third-order valence-corrected chi connectivity index (χ3v) is 10.2. The summed E-state index contributed by atoms with van der Waals surface area (Å²) in [4.78, 5) is 4.54. The Kier molecular flexibility index (Phi) is 10.2. The maximum Gasteiger partial charge on any atom is 0.0967 e. The van der Waals surface area contributed by atoms with Gasteiger partial charge in [0.05, 0.1) is 5.70 Å². The van der Waals surface area contributed by atoms with Crippen LogP contribution in [0.5, 0.6) is 0 Å². The van der Waals surface area contributed by atoms with Gasteiger partial charge in [0.1, 0.15) is 0 Å². The molecule has 0 aliphatic heterocycles. The lowest BCUT2D eigenvalue weighted by atomic mass is 9.65. The molecule has 2 nitrogen and oxygen atoms in total. The molecule has 5 aromatic carbocycles. The van der Waals surface area contributed by atoms with Crippen molar-refractivity contribution in [2.45, 2.75) is 72.1 Å². The molecule has 1 fully saturated rings. The molecule has 49 heavy (non-hydrogen) atoms. The van der Waals surface area contributed by atoms with Gasteiger partial charge in [-0.2, -0.15) is 0 Å². The number of anilines is 5. The topological polar surface area (TPSA) is 6.48 Å². The average Bonchev–Trinajstić information content (AvgIpc) is 3.13. The molecule has 0 aromatic heterocycles. The van der Waals surface area contributed by atoms with Gasteiger partial charge in [0.2, 0.25) is 0 Å². The Morgan fingerprint density at radius 3 is 1.29 bits per heavy atom. The van der Waals surface area contributed by atoms with Crippen molar-refractivity contribution in [3.05, 3.63) is 173 Å². The Hall–Kier alpha value is -5.26. The summed E-state index contributed by atoms with van der Waals surface area (Å²) in [6.45, 7) is 10.8. The van der Waals surface area contributed by atoms with Gasteiger partial charge in [-0.25, -0.2) is 0 Å². The lowest BCUT2D eigenvalue weighted by Gasteiger charge is -2.39. The van der Waals surface area contributed by atoms with Crippen LogP contribution in [0, 0.1) is 40.0 Å². The molecule has 5 aromatic rings. The first-order valence-electron chi connectivity index (χ1n) is 17.6. The number of rotatable bonds is 9. The van der Waals surface area contributed by atoms with Gasteiger partial charge < -0.3 is 9.80 Å². The largest absolute Gasteiger partial charge is 0.311 e. The van der Waals surface area contributed by atoms with Crippen molar-refractivity contribution in [2.75, 3.05) is 9.80 Å². The predicted octanol–water partition coefficient (Wildman–Crippen LogP) is 12.9. The van der Waals surface area contributed by atoms with Gasteiger partial charge in [0, 0.05) is 33.9 Å². The summed E-state index contributed by atoms with van der Waals surface area (Å²) < 4.78 is 0. The van der Waals surface area contributed by atoms with Crippen LogP contribution in [0.3, 0.4) is 0 Å². The van der Waals surface area contributed by atoms with E-state index in [4.69, 9.17) is 6.42 Å². The van der Waals surface area contributed by atoms with E-state index in [1.54, 1.807) is 0 Å². The fourth-order valence-corrected chi connectivity index (χ4v) is 7.20. The predicted molar refractivity (Wildman–Crippen MR) is 211 cm³/mol. The minimum Gasteiger partial charge on any atom is -0.311 e. The van der Waals surface area contributed by atoms with Crippen molar-refractivity contribution < 1.29 is 0 Å². The van der Waals surface area contributed by atoms with Crippen molar-refractivity contribution in [3.8, 4) is 12.3 Å². The van der Waals surface area contributed by atoms with Crippen molar-refractivity contribution in [2.24, 2.45) is 0 Å². The van der Waals surface area contributed by atoms with Crippen molar-refractivity contribution >= 4 is 28.4 Å². The molecule has 246 valence electrons. The van der Waals surface area contributed by atoms with Gasteiger partial charge >= 0.3 is 0 Å². The summed E-state index contributed by atoms with van der Waals surface area (Å²) in [6.07, 6.45) is 16.7. The molecule has 0 spiro atoms. The fourth-order valence-electron chi connectivity index (χ4n) is 7.20. The quantitative estimate of drug-likeness (QED) is 0.117. The summed E-state index contributed by atoms with van der Waals surface area (Å²) in [5.41, 5.74) is 14.1. The van der Waals surface area contributed by atoms with Gasteiger partial charge in [0.25, 0.3) is 0 Å². The van der Waals surface area contributed by atoms with Gasteiger partial charge in [-0.1, -0.05) is 120 Å². The molecule has 6 rings (SSSR count). The number of nitrogens with zero attached hydrogens (tertiary/aromatic N) is 2. The molecule has 0 atom stereocenters. The monoisotopic (exact) mass is 640 g/mol. The van der Waals surface area contributed by atoms with Crippen LogP contribution >= 0.6 is 0 Å². The highest BCUT2D eigenvalue weighted by Crippen LogP contribution is 2.46. The number of hydrogen-bond donors (Lipinski definition) is 0. The molecule has 0 heterocycles. The van der Waals surface area contributed by atoms with Crippen LogP contribution in [0.25, 0.3) is 0 Å². The third-order valence-electron chi connectivity index (χ3n) is 10.2. The Bertz CT molecular complexity index is 1850. The summed E-state index contributed by atoms with van der Waals surface area (Å²) >= 11 is 0. The highest BCUT2D eigenvalue weighted by Gasteiger charge is 2.35. The fraction of sp³-hybridized carbons (Fsp3) is 0.234. The first kappa shape index (κ1) is 33.6. The van der Waals surface area contributed by atoms with Crippen LogP contribution in [0.1, 0.15) is 66.8 Å². The SMILES string of the molecule is C#C/C(=C\C=C(/C)C1(c2ccc(N(c3ccc(C)cc3)c3ccc(C)cc3)cc2)CCCCC1)N(c1ccc(C)cc1)c1ccc(C)cc1. The van der Waals surface area contributed by atoms with Gasteiger partial charge in [-0.3, -0.25) is 0 Å². The summed E-state index contributed by atoms with van der Waals surface area (Å²) in [5, 5.41) is 0. The van der Waals surface area contributed by atoms with E-state index < -0.39 is 0 Å². The van der Waals surface area contributed by atoms with Gasteiger partial charge in [-0.05, 0) is 120 Å². The molecule has 1 aliphatic carbocycles. The molecule has 0 unspecified atom stereocenters. The maximum absolute atomic E-state index is 6.28. The average molecular weight is 641 g/mol. The molecule has 1 aliphatic rings. The number of terminal acetylenes is 1. The first-order chi connectivity index (χ1) is 23.8. The van der Waals surface area contributed by atoms with E-state index in [0.29, 0.717) is 0 Å². The number of aryl methyl sites for hydroxylation is 4. The van der Waals surface area contributed by atoms with E-state index in [9.17, 15) is 0 Å². The Morgan fingerprint density at radius 2 is 0.898 bits per heavy atom. The van der Waals surface area contributed by atoms with E-state index in [0.717, 1.165) is 47.0 Å². The smallest absolute Gasteiger partial charge is 0.0967 e. The first-order valence-corrected chi connectivity index (χ1v) is 17.6. The summed E-state index contributed by atoms with van der Waals surface area (Å²) in [6, 6.07) is 44.1. The van der Waals surface area contributed by atoms with E-state index >= 15 is 0 Å². The molecular weight excluding hydrogens is 593 g/mol. The van der Waals surface area contributed by atoms with Crippen LogP contribution in [0.2, 0.25) is 0 Å². The van der Waals surface area contributed by atoms with E-state index in [-0.39, 0.29) is 5.41 Å². The Labute approximate surface area is 294 Å². The summed E-state index contributed by atoms with van der Waals surface area (Å²) in [5.74, 6) is 3.03. The van der Waals surface area contributed by atoms with Crippen molar-refractivity contribution in [1.82, 2.24) is 0 Å². The Morgan fingerprint density at radius 1 is 0.531 bits per heavy atom. The van der Waals surface area contributed by atoms with Crippen molar-refractivity contribution in [3.63, 3.8) is 0 Å². The van der Waals surface area contributed by atoms with Crippen LogP contribution in [-0.4, -0.2) is 0 Å². The molecular formula is C47H48N2.